The zero-order valence-corrected chi connectivity index (χ0v) is 31.2. The molecule has 0 aliphatic rings. The summed E-state index contributed by atoms with van der Waals surface area (Å²) in [6.07, 6.45) is 0. The molecule has 0 amide bonds. The van der Waals surface area contributed by atoms with Gasteiger partial charge in [0.25, 0.3) is 0 Å². The first kappa shape index (κ1) is 31.9. The zero-order chi connectivity index (χ0) is 37.5. The second-order valence-corrected chi connectivity index (χ2v) is 15.5. The van der Waals surface area contributed by atoms with Crippen LogP contribution in [0.25, 0.3) is 115 Å². The molecule has 0 N–H and O–H groups in total. The van der Waals surface area contributed by atoms with E-state index in [1.165, 1.54) is 36.5 Å². The normalized spacial score (nSPS) is 11.9. The fourth-order valence-electron chi connectivity index (χ4n) is 8.45. The molecule has 0 aliphatic heterocycles. The molecule has 266 valence electrons. The minimum Gasteiger partial charge on any atom is -0.454 e. The molecular weight excluding hydrogens is 717 g/mol. The predicted octanol–water partition coefficient (Wildman–Crippen LogP) is 13.9. The van der Waals surface area contributed by atoms with E-state index in [0.717, 1.165) is 60.9 Å². The summed E-state index contributed by atoms with van der Waals surface area (Å²) in [7, 11) is 0. The average Bonchev–Trinajstić information content (AvgIpc) is 3.96. The fourth-order valence-corrected chi connectivity index (χ4v) is 9.57. The van der Waals surface area contributed by atoms with Crippen molar-refractivity contribution < 1.29 is 4.42 Å². The summed E-state index contributed by atoms with van der Waals surface area (Å²) in [4.78, 5) is 15.0. The first-order valence-electron chi connectivity index (χ1n) is 19.0. The molecule has 0 saturated heterocycles. The number of nitrogens with zero attached hydrogens (tertiary/aromatic N) is 4. The lowest BCUT2D eigenvalue weighted by Crippen LogP contribution is -2.00. The van der Waals surface area contributed by atoms with Crippen molar-refractivity contribution in [1.29, 1.82) is 0 Å². The van der Waals surface area contributed by atoms with E-state index in [-0.39, 0.29) is 0 Å². The summed E-state index contributed by atoms with van der Waals surface area (Å²) in [5, 5.41) is 7.04. The van der Waals surface area contributed by atoms with E-state index in [4.69, 9.17) is 19.4 Å². The van der Waals surface area contributed by atoms with Gasteiger partial charge in [-0.3, -0.25) is 0 Å². The zero-order valence-electron chi connectivity index (χ0n) is 30.4. The molecule has 0 unspecified atom stereocenters. The predicted molar refractivity (Wildman–Crippen MR) is 236 cm³/mol. The standard InChI is InChI=1S/C51H30N4OS/c1-3-13-31(14-4-1)49-52-50(32-15-5-2-6-16-32)54-51(53-49)34-26-28-45-40(30-34)47-35(19-12-24-46(47)57-45)33-25-27-44-39(29-33)38-20-11-23-43(48(38)56-44)55-41-21-9-7-17-36(41)37-18-8-10-22-42(37)55/h1-30H. The second-order valence-electron chi connectivity index (χ2n) is 14.4. The van der Waals surface area contributed by atoms with Crippen LogP contribution in [-0.2, 0) is 0 Å². The number of furan rings is 1. The summed E-state index contributed by atoms with van der Waals surface area (Å²) < 4.78 is 11.5. The fraction of sp³-hybridized carbons (Fsp3) is 0. The van der Waals surface area contributed by atoms with E-state index in [2.05, 4.69) is 126 Å². The molecule has 0 atom stereocenters. The maximum atomic E-state index is 6.75. The summed E-state index contributed by atoms with van der Waals surface area (Å²) in [6, 6.07) is 63.8. The highest BCUT2D eigenvalue weighted by atomic mass is 32.1. The van der Waals surface area contributed by atoms with Crippen LogP contribution < -0.4 is 0 Å². The van der Waals surface area contributed by atoms with E-state index in [1.807, 2.05) is 72.0 Å². The molecule has 0 saturated carbocycles. The third-order valence-electron chi connectivity index (χ3n) is 11.1. The maximum absolute atomic E-state index is 6.75. The number of hydrogen-bond acceptors (Lipinski definition) is 5. The highest BCUT2D eigenvalue weighted by Crippen LogP contribution is 2.44. The van der Waals surface area contributed by atoms with E-state index in [9.17, 15) is 0 Å². The van der Waals surface area contributed by atoms with Crippen LogP contribution in [0.1, 0.15) is 0 Å². The van der Waals surface area contributed by atoms with Crippen LogP contribution in [-0.4, -0.2) is 19.5 Å². The largest absolute Gasteiger partial charge is 0.454 e. The Labute approximate surface area is 330 Å². The summed E-state index contributed by atoms with van der Waals surface area (Å²) in [5.74, 6) is 1.95. The summed E-state index contributed by atoms with van der Waals surface area (Å²) in [6.45, 7) is 0. The molecule has 0 bridgehead atoms. The molecular formula is C51H30N4OS. The number of benzene rings is 8. The Morgan fingerprint density at radius 2 is 0.982 bits per heavy atom. The van der Waals surface area contributed by atoms with Gasteiger partial charge in [0.15, 0.2) is 23.1 Å². The van der Waals surface area contributed by atoms with Gasteiger partial charge in [0.2, 0.25) is 0 Å². The summed E-state index contributed by atoms with van der Waals surface area (Å²) in [5.41, 5.74) is 10.3. The van der Waals surface area contributed by atoms with E-state index >= 15 is 0 Å². The molecule has 0 aliphatic carbocycles. The number of rotatable bonds is 5. The Morgan fingerprint density at radius 1 is 0.404 bits per heavy atom. The van der Waals surface area contributed by atoms with E-state index in [0.29, 0.717) is 17.5 Å². The third kappa shape index (κ3) is 5.04. The third-order valence-corrected chi connectivity index (χ3v) is 12.2. The number of aromatic nitrogens is 4. The van der Waals surface area contributed by atoms with E-state index < -0.39 is 0 Å². The van der Waals surface area contributed by atoms with Gasteiger partial charge in [-0.05, 0) is 65.7 Å². The van der Waals surface area contributed by atoms with Gasteiger partial charge in [-0.25, -0.2) is 15.0 Å². The van der Waals surface area contributed by atoms with Crippen molar-refractivity contribution in [2.45, 2.75) is 0 Å². The number of thiophene rings is 1. The molecule has 57 heavy (non-hydrogen) atoms. The van der Waals surface area contributed by atoms with Crippen LogP contribution in [0, 0.1) is 0 Å². The van der Waals surface area contributed by atoms with Crippen molar-refractivity contribution >= 4 is 75.3 Å². The molecule has 0 spiro atoms. The first-order valence-corrected chi connectivity index (χ1v) is 19.8. The van der Waals surface area contributed by atoms with Gasteiger partial charge in [-0.2, -0.15) is 0 Å². The van der Waals surface area contributed by atoms with Crippen LogP contribution in [0.5, 0.6) is 0 Å². The van der Waals surface area contributed by atoms with Gasteiger partial charge in [0, 0.05) is 58.4 Å². The molecule has 4 heterocycles. The topological polar surface area (TPSA) is 56.7 Å². The molecule has 0 radical (unpaired) electrons. The van der Waals surface area contributed by atoms with Crippen LogP contribution in [0.2, 0.25) is 0 Å². The van der Waals surface area contributed by atoms with Crippen LogP contribution in [0.4, 0.5) is 0 Å². The van der Waals surface area contributed by atoms with Crippen molar-refractivity contribution in [3.05, 3.63) is 182 Å². The summed E-state index contributed by atoms with van der Waals surface area (Å²) >= 11 is 1.81. The Hall–Kier alpha value is -7.41. The SMILES string of the molecule is c1ccc(-c2nc(-c3ccccc3)nc(-c3ccc4sc5cccc(-c6ccc7oc8c(-n9c%10ccccc%10c%10ccccc%109)cccc8c7c6)c5c4c3)n2)cc1. The van der Waals surface area contributed by atoms with Gasteiger partial charge >= 0.3 is 0 Å². The first-order chi connectivity index (χ1) is 28.2. The van der Waals surface area contributed by atoms with Crippen molar-refractivity contribution in [3.8, 4) is 51.0 Å². The Balaban J connectivity index is 1.02. The van der Waals surface area contributed by atoms with Gasteiger partial charge < -0.3 is 8.98 Å². The highest BCUT2D eigenvalue weighted by Gasteiger charge is 2.20. The van der Waals surface area contributed by atoms with E-state index in [1.54, 1.807) is 0 Å². The minimum absolute atomic E-state index is 0.645. The van der Waals surface area contributed by atoms with Crippen LogP contribution >= 0.6 is 11.3 Å². The Kier molecular flexibility index (Phi) is 7.03. The number of hydrogen-bond donors (Lipinski definition) is 0. The quantitative estimate of drug-likeness (QED) is 0.176. The maximum Gasteiger partial charge on any atom is 0.164 e. The van der Waals surface area contributed by atoms with Gasteiger partial charge in [-0.15, -0.1) is 11.3 Å². The molecule has 12 rings (SSSR count). The van der Waals surface area contributed by atoms with Crippen LogP contribution in [0.3, 0.4) is 0 Å². The lowest BCUT2D eigenvalue weighted by atomic mass is 9.97. The van der Waals surface area contributed by atoms with Crippen molar-refractivity contribution in [2.75, 3.05) is 0 Å². The number of para-hydroxylation sites is 3. The Bertz CT molecular complexity index is 3420. The van der Waals surface area contributed by atoms with Gasteiger partial charge in [0.1, 0.15) is 5.58 Å². The van der Waals surface area contributed by atoms with Gasteiger partial charge in [0.05, 0.1) is 16.7 Å². The molecule has 8 aromatic carbocycles. The minimum atomic E-state index is 0.645. The van der Waals surface area contributed by atoms with Crippen molar-refractivity contribution in [3.63, 3.8) is 0 Å². The smallest absolute Gasteiger partial charge is 0.164 e. The monoisotopic (exact) mass is 746 g/mol. The number of fused-ring (bicyclic) bond motifs is 9. The Morgan fingerprint density at radius 3 is 1.68 bits per heavy atom. The molecule has 4 aromatic heterocycles. The molecule has 6 heteroatoms. The lowest BCUT2D eigenvalue weighted by molar-refractivity contribution is 0.666. The molecule has 0 fully saturated rings. The molecule has 12 aromatic rings. The van der Waals surface area contributed by atoms with Crippen molar-refractivity contribution in [1.82, 2.24) is 19.5 Å². The second kappa shape index (κ2) is 12.6. The molecule has 5 nitrogen and oxygen atoms in total. The lowest BCUT2D eigenvalue weighted by Gasteiger charge is -2.09. The highest BCUT2D eigenvalue weighted by molar-refractivity contribution is 7.26. The van der Waals surface area contributed by atoms with Crippen molar-refractivity contribution in [2.24, 2.45) is 0 Å². The van der Waals surface area contributed by atoms with Gasteiger partial charge in [-0.1, -0.05) is 127 Å². The average molecular weight is 747 g/mol. The van der Waals surface area contributed by atoms with Crippen LogP contribution in [0.15, 0.2) is 186 Å².